The molecule has 27 heavy (non-hydrogen) atoms. The molecule has 0 spiro atoms. The molecule has 0 radical (unpaired) electrons. The van der Waals surface area contributed by atoms with Gasteiger partial charge in [-0.05, 0) is 32.0 Å². The number of nitrogens with one attached hydrogen (secondary N) is 1. The van der Waals surface area contributed by atoms with E-state index in [9.17, 15) is 10.1 Å². The SMILES string of the molecule is Cc1ccc(C#N)c(SC(C)C(=O)Nc2nc(-c3ccccc3Cl)cs2)n1. The normalized spacial score (nSPS) is 11.6. The van der Waals surface area contributed by atoms with Crippen LogP contribution in [0.15, 0.2) is 46.8 Å². The first-order valence-electron chi connectivity index (χ1n) is 8.03. The molecule has 0 saturated carbocycles. The molecule has 0 bridgehead atoms. The van der Waals surface area contributed by atoms with Crippen LogP contribution in [0, 0.1) is 18.3 Å². The van der Waals surface area contributed by atoms with Crippen LogP contribution in [-0.2, 0) is 4.79 Å². The van der Waals surface area contributed by atoms with E-state index in [4.69, 9.17) is 11.6 Å². The summed E-state index contributed by atoms with van der Waals surface area (Å²) in [7, 11) is 0. The maximum Gasteiger partial charge on any atom is 0.239 e. The van der Waals surface area contributed by atoms with Crippen molar-refractivity contribution in [2.24, 2.45) is 0 Å². The molecule has 1 aromatic carbocycles. The number of nitrogens with zero attached hydrogens (tertiary/aromatic N) is 3. The first kappa shape index (κ1) is 19.4. The van der Waals surface area contributed by atoms with Gasteiger partial charge in [0.2, 0.25) is 5.91 Å². The fourth-order valence-corrected chi connectivity index (χ4v) is 4.14. The summed E-state index contributed by atoms with van der Waals surface area (Å²) in [6.45, 7) is 3.62. The number of nitriles is 1. The lowest BCUT2D eigenvalue weighted by Crippen LogP contribution is -2.22. The molecule has 3 rings (SSSR count). The van der Waals surface area contributed by atoms with Gasteiger partial charge in [-0.3, -0.25) is 4.79 Å². The van der Waals surface area contributed by atoms with Crippen LogP contribution in [0.2, 0.25) is 5.02 Å². The number of thioether (sulfide) groups is 1. The zero-order chi connectivity index (χ0) is 19.4. The van der Waals surface area contributed by atoms with E-state index >= 15 is 0 Å². The minimum atomic E-state index is -0.431. The van der Waals surface area contributed by atoms with Gasteiger partial charge in [-0.15, -0.1) is 11.3 Å². The van der Waals surface area contributed by atoms with Gasteiger partial charge in [0.15, 0.2) is 5.13 Å². The zero-order valence-corrected chi connectivity index (χ0v) is 17.0. The largest absolute Gasteiger partial charge is 0.301 e. The van der Waals surface area contributed by atoms with Crippen LogP contribution in [0.3, 0.4) is 0 Å². The van der Waals surface area contributed by atoms with Crippen molar-refractivity contribution < 1.29 is 4.79 Å². The van der Waals surface area contributed by atoms with Crippen LogP contribution in [0.5, 0.6) is 0 Å². The van der Waals surface area contributed by atoms with Gasteiger partial charge >= 0.3 is 0 Å². The third-order valence-electron chi connectivity index (χ3n) is 3.66. The molecule has 8 heteroatoms. The molecule has 0 saturated heterocycles. The lowest BCUT2D eigenvalue weighted by atomic mass is 10.2. The standard InChI is InChI=1S/C19H15ClN4OS2/c1-11-7-8-13(9-21)18(22-11)27-12(2)17(25)24-19-23-16(10-26-19)14-5-3-4-6-15(14)20/h3-8,10,12H,1-2H3,(H,23,24,25). The topological polar surface area (TPSA) is 78.7 Å². The highest BCUT2D eigenvalue weighted by atomic mass is 35.5. The Labute approximate surface area is 170 Å². The first-order valence-corrected chi connectivity index (χ1v) is 10.2. The molecule has 136 valence electrons. The third-order valence-corrected chi connectivity index (χ3v) is 5.85. The Kier molecular flexibility index (Phi) is 6.11. The van der Waals surface area contributed by atoms with Gasteiger partial charge in [0.1, 0.15) is 11.1 Å². The van der Waals surface area contributed by atoms with Crippen molar-refractivity contribution in [2.45, 2.75) is 24.1 Å². The maximum absolute atomic E-state index is 12.5. The fraction of sp³-hybridized carbons (Fsp3) is 0.158. The summed E-state index contributed by atoms with van der Waals surface area (Å²) in [4.78, 5) is 21.3. The molecular weight excluding hydrogens is 400 g/mol. The van der Waals surface area contributed by atoms with E-state index in [1.165, 1.54) is 23.1 Å². The summed E-state index contributed by atoms with van der Waals surface area (Å²) in [6, 6.07) is 13.0. The average Bonchev–Trinajstić information content (AvgIpc) is 3.10. The number of aryl methyl sites for hydroxylation is 1. The predicted octanol–water partition coefficient (Wildman–Crippen LogP) is 5.16. The van der Waals surface area contributed by atoms with Crippen molar-refractivity contribution in [1.82, 2.24) is 9.97 Å². The molecule has 1 N–H and O–H groups in total. The number of aromatic nitrogens is 2. The number of hydrogen-bond acceptors (Lipinski definition) is 6. The van der Waals surface area contributed by atoms with Crippen LogP contribution in [-0.4, -0.2) is 21.1 Å². The van der Waals surface area contributed by atoms with E-state index in [2.05, 4.69) is 21.4 Å². The summed E-state index contributed by atoms with van der Waals surface area (Å²) in [5.41, 5.74) is 2.79. The van der Waals surface area contributed by atoms with Gasteiger partial charge in [-0.2, -0.15) is 5.26 Å². The van der Waals surface area contributed by atoms with Crippen LogP contribution in [0.1, 0.15) is 18.2 Å². The second-order valence-electron chi connectivity index (χ2n) is 5.68. The van der Waals surface area contributed by atoms with Crippen molar-refractivity contribution in [3.63, 3.8) is 0 Å². The number of hydrogen-bond donors (Lipinski definition) is 1. The smallest absolute Gasteiger partial charge is 0.239 e. The Morgan fingerprint density at radius 2 is 2.07 bits per heavy atom. The van der Waals surface area contributed by atoms with Crippen molar-refractivity contribution in [2.75, 3.05) is 5.32 Å². The second kappa shape index (κ2) is 8.53. The van der Waals surface area contributed by atoms with E-state index in [0.29, 0.717) is 26.4 Å². The quantitative estimate of drug-likeness (QED) is 0.583. The van der Waals surface area contributed by atoms with Crippen molar-refractivity contribution in [1.29, 1.82) is 5.26 Å². The monoisotopic (exact) mass is 414 g/mol. The predicted molar refractivity (Wildman–Crippen MR) is 110 cm³/mol. The number of anilines is 1. The van der Waals surface area contributed by atoms with E-state index in [0.717, 1.165) is 11.3 Å². The van der Waals surface area contributed by atoms with Gasteiger partial charge < -0.3 is 5.32 Å². The minimum Gasteiger partial charge on any atom is -0.301 e. The van der Waals surface area contributed by atoms with E-state index in [1.54, 1.807) is 25.1 Å². The lowest BCUT2D eigenvalue weighted by molar-refractivity contribution is -0.115. The molecule has 5 nitrogen and oxygen atoms in total. The summed E-state index contributed by atoms with van der Waals surface area (Å²) < 4.78 is 0. The molecule has 1 atom stereocenters. The van der Waals surface area contributed by atoms with Crippen molar-refractivity contribution >= 4 is 45.7 Å². The van der Waals surface area contributed by atoms with E-state index in [1.807, 2.05) is 30.5 Å². The van der Waals surface area contributed by atoms with Gasteiger partial charge in [0.05, 0.1) is 16.5 Å². The van der Waals surface area contributed by atoms with Crippen LogP contribution < -0.4 is 5.32 Å². The fourth-order valence-electron chi connectivity index (χ4n) is 2.26. The molecule has 2 heterocycles. The summed E-state index contributed by atoms with van der Waals surface area (Å²) >= 11 is 8.78. The average molecular weight is 415 g/mol. The number of halogens is 1. The second-order valence-corrected chi connectivity index (χ2v) is 8.28. The Balaban J connectivity index is 1.70. The number of amides is 1. The third kappa shape index (κ3) is 4.66. The van der Waals surface area contributed by atoms with Gasteiger partial charge in [0.25, 0.3) is 0 Å². The van der Waals surface area contributed by atoms with E-state index < -0.39 is 5.25 Å². The van der Waals surface area contributed by atoms with Crippen molar-refractivity contribution in [3.05, 3.63) is 58.1 Å². The lowest BCUT2D eigenvalue weighted by Gasteiger charge is -2.11. The van der Waals surface area contributed by atoms with Crippen LogP contribution in [0.25, 0.3) is 11.3 Å². The molecule has 0 fully saturated rings. The molecule has 2 aromatic heterocycles. The summed E-state index contributed by atoms with van der Waals surface area (Å²) in [5, 5.41) is 15.1. The number of carbonyl (C=O) groups is 1. The summed E-state index contributed by atoms with van der Waals surface area (Å²) in [5.74, 6) is -0.202. The highest BCUT2D eigenvalue weighted by molar-refractivity contribution is 8.00. The van der Waals surface area contributed by atoms with Crippen LogP contribution in [0.4, 0.5) is 5.13 Å². The van der Waals surface area contributed by atoms with Gasteiger partial charge in [0, 0.05) is 21.7 Å². The minimum absolute atomic E-state index is 0.202. The van der Waals surface area contributed by atoms with Crippen LogP contribution >= 0.6 is 34.7 Å². The highest BCUT2D eigenvalue weighted by Crippen LogP contribution is 2.31. The zero-order valence-electron chi connectivity index (χ0n) is 14.6. The van der Waals surface area contributed by atoms with Gasteiger partial charge in [-0.1, -0.05) is 41.6 Å². The molecular formula is C19H15ClN4OS2. The molecule has 0 aliphatic carbocycles. The Hall–Kier alpha value is -2.40. The highest BCUT2D eigenvalue weighted by Gasteiger charge is 2.19. The van der Waals surface area contributed by atoms with Crippen molar-refractivity contribution in [3.8, 4) is 17.3 Å². The van der Waals surface area contributed by atoms with Gasteiger partial charge in [-0.25, -0.2) is 9.97 Å². The number of rotatable bonds is 5. The number of pyridine rings is 1. The first-order chi connectivity index (χ1) is 13.0. The Morgan fingerprint density at radius 1 is 1.30 bits per heavy atom. The maximum atomic E-state index is 12.5. The molecule has 1 amide bonds. The molecule has 1 unspecified atom stereocenters. The molecule has 0 aliphatic heterocycles. The summed E-state index contributed by atoms with van der Waals surface area (Å²) in [6.07, 6.45) is 0. The van der Waals surface area contributed by atoms with E-state index in [-0.39, 0.29) is 5.91 Å². The Morgan fingerprint density at radius 3 is 2.81 bits per heavy atom. The molecule has 0 aliphatic rings. The number of benzene rings is 1. The Bertz CT molecular complexity index is 1030. The number of thiazole rings is 1. The number of carbonyl (C=O) groups excluding carboxylic acids is 1. The molecule has 3 aromatic rings.